The smallest absolute Gasteiger partial charge is 0.264 e. The Kier molecular flexibility index (Phi) is 5.63. The highest BCUT2D eigenvalue weighted by Crippen LogP contribution is 2.37. The van der Waals surface area contributed by atoms with Crippen LogP contribution in [-0.2, 0) is 14.6 Å². The SMILES string of the molecule is CCC(C)(C)CC(OS(=O)(=O)O)C(C)(C)CC. The van der Waals surface area contributed by atoms with Crippen molar-refractivity contribution < 1.29 is 17.2 Å². The summed E-state index contributed by atoms with van der Waals surface area (Å²) in [7, 11) is -4.40. The average molecular weight is 266 g/mol. The minimum absolute atomic E-state index is 0.0121. The Bertz CT molecular complexity index is 330. The summed E-state index contributed by atoms with van der Waals surface area (Å²) in [5, 5.41) is 0. The molecule has 1 N–H and O–H groups in total. The Hall–Kier alpha value is -0.130. The molecule has 5 heteroatoms. The molecule has 0 aromatic carbocycles. The second kappa shape index (κ2) is 5.67. The van der Waals surface area contributed by atoms with Crippen LogP contribution in [0.2, 0.25) is 0 Å². The molecule has 0 spiro atoms. The molecule has 1 atom stereocenters. The molecule has 1 unspecified atom stereocenters. The van der Waals surface area contributed by atoms with Crippen LogP contribution < -0.4 is 0 Å². The molecule has 0 aromatic heterocycles. The normalized spacial score (nSPS) is 15.9. The Balaban J connectivity index is 5.01. The lowest BCUT2D eigenvalue weighted by Gasteiger charge is -2.37. The molecule has 0 amide bonds. The highest BCUT2D eigenvalue weighted by molar-refractivity contribution is 7.80. The quantitative estimate of drug-likeness (QED) is 0.717. The Morgan fingerprint density at radius 3 is 1.88 bits per heavy atom. The zero-order valence-corrected chi connectivity index (χ0v) is 12.6. The van der Waals surface area contributed by atoms with Crippen LogP contribution in [0.5, 0.6) is 0 Å². The van der Waals surface area contributed by atoms with Crippen molar-refractivity contribution in [1.29, 1.82) is 0 Å². The van der Waals surface area contributed by atoms with Gasteiger partial charge < -0.3 is 0 Å². The lowest BCUT2D eigenvalue weighted by molar-refractivity contribution is 0.0274. The third-order valence-corrected chi connectivity index (χ3v) is 4.19. The number of rotatable bonds is 7. The molecule has 0 aliphatic rings. The molecule has 0 rings (SSSR count). The first-order valence-corrected chi connectivity index (χ1v) is 7.46. The van der Waals surface area contributed by atoms with Gasteiger partial charge in [-0.3, -0.25) is 4.55 Å². The summed E-state index contributed by atoms with van der Waals surface area (Å²) in [5.41, 5.74) is -0.302. The second-order valence-electron chi connectivity index (χ2n) is 6.08. The van der Waals surface area contributed by atoms with E-state index in [1.165, 1.54) is 0 Å². The largest absolute Gasteiger partial charge is 0.397 e. The highest BCUT2D eigenvalue weighted by atomic mass is 32.3. The monoisotopic (exact) mass is 266 g/mol. The van der Waals surface area contributed by atoms with Gasteiger partial charge in [0.25, 0.3) is 0 Å². The molecule has 0 saturated heterocycles. The number of hydrogen-bond acceptors (Lipinski definition) is 3. The summed E-state index contributed by atoms with van der Waals surface area (Å²) in [6.07, 6.45) is 1.81. The van der Waals surface area contributed by atoms with E-state index in [4.69, 9.17) is 8.74 Å². The van der Waals surface area contributed by atoms with E-state index in [-0.39, 0.29) is 10.8 Å². The van der Waals surface area contributed by atoms with E-state index in [1.54, 1.807) is 0 Å². The van der Waals surface area contributed by atoms with Gasteiger partial charge in [-0.1, -0.05) is 48.0 Å². The van der Waals surface area contributed by atoms with E-state index in [9.17, 15) is 8.42 Å². The molecule has 0 aromatic rings. The van der Waals surface area contributed by atoms with Gasteiger partial charge in [-0.15, -0.1) is 0 Å². The van der Waals surface area contributed by atoms with E-state index in [0.717, 1.165) is 12.8 Å². The summed E-state index contributed by atoms with van der Waals surface area (Å²) < 4.78 is 35.5. The maximum atomic E-state index is 10.9. The van der Waals surface area contributed by atoms with Crippen LogP contribution in [0.25, 0.3) is 0 Å². The third-order valence-electron chi connectivity index (χ3n) is 3.72. The van der Waals surface area contributed by atoms with Crippen molar-refractivity contribution in [1.82, 2.24) is 0 Å². The van der Waals surface area contributed by atoms with E-state index < -0.39 is 16.5 Å². The zero-order chi connectivity index (χ0) is 13.9. The summed E-state index contributed by atoms with van der Waals surface area (Å²) in [4.78, 5) is 0. The molecule has 0 radical (unpaired) electrons. The van der Waals surface area contributed by atoms with Crippen molar-refractivity contribution in [3.63, 3.8) is 0 Å². The van der Waals surface area contributed by atoms with Gasteiger partial charge in [0.05, 0.1) is 6.10 Å². The minimum atomic E-state index is -4.40. The van der Waals surface area contributed by atoms with Crippen LogP contribution in [-0.4, -0.2) is 19.1 Å². The fourth-order valence-electron chi connectivity index (χ4n) is 1.46. The van der Waals surface area contributed by atoms with Crippen LogP contribution in [0.15, 0.2) is 0 Å². The van der Waals surface area contributed by atoms with E-state index in [2.05, 4.69) is 20.8 Å². The molecule has 0 fully saturated rings. The molecule has 0 aliphatic carbocycles. The first-order valence-electron chi connectivity index (χ1n) is 6.09. The average Bonchev–Trinajstić information content (AvgIpc) is 2.14. The van der Waals surface area contributed by atoms with Crippen LogP contribution >= 0.6 is 0 Å². The number of hydrogen-bond donors (Lipinski definition) is 1. The molecule has 17 heavy (non-hydrogen) atoms. The van der Waals surface area contributed by atoms with Gasteiger partial charge in [0.1, 0.15) is 0 Å². The third kappa shape index (κ3) is 6.38. The van der Waals surface area contributed by atoms with Crippen molar-refractivity contribution in [2.45, 2.75) is 66.9 Å². The lowest BCUT2D eigenvalue weighted by Crippen LogP contribution is -2.37. The minimum Gasteiger partial charge on any atom is -0.264 e. The topological polar surface area (TPSA) is 63.6 Å². The molecule has 0 heterocycles. The zero-order valence-electron chi connectivity index (χ0n) is 11.8. The van der Waals surface area contributed by atoms with Crippen molar-refractivity contribution in [3.8, 4) is 0 Å². The lowest BCUT2D eigenvalue weighted by atomic mass is 9.74. The van der Waals surface area contributed by atoms with Gasteiger partial charge in [-0.2, -0.15) is 8.42 Å². The van der Waals surface area contributed by atoms with Crippen LogP contribution in [0.4, 0.5) is 0 Å². The second-order valence-corrected chi connectivity index (χ2v) is 7.12. The van der Waals surface area contributed by atoms with Crippen LogP contribution in [0.3, 0.4) is 0 Å². The Morgan fingerprint density at radius 1 is 1.12 bits per heavy atom. The van der Waals surface area contributed by atoms with E-state index in [0.29, 0.717) is 6.42 Å². The van der Waals surface area contributed by atoms with Crippen LogP contribution in [0, 0.1) is 10.8 Å². The first-order chi connectivity index (χ1) is 7.43. The summed E-state index contributed by atoms with van der Waals surface area (Å²) in [6, 6.07) is 0. The first kappa shape index (κ1) is 16.9. The standard InChI is InChI=1S/C12H26O4S/c1-7-11(3,4)9-10(12(5,6)8-2)16-17(13,14)15/h10H,7-9H2,1-6H3,(H,13,14,15). The van der Waals surface area contributed by atoms with Gasteiger partial charge in [-0.25, -0.2) is 4.18 Å². The fraction of sp³-hybridized carbons (Fsp3) is 1.00. The van der Waals surface area contributed by atoms with Crippen molar-refractivity contribution in [2.24, 2.45) is 10.8 Å². The molecule has 0 aliphatic heterocycles. The maximum absolute atomic E-state index is 10.9. The molecular weight excluding hydrogens is 240 g/mol. The molecule has 0 saturated carbocycles. The van der Waals surface area contributed by atoms with Gasteiger partial charge in [0, 0.05) is 0 Å². The van der Waals surface area contributed by atoms with Crippen LogP contribution in [0.1, 0.15) is 60.8 Å². The van der Waals surface area contributed by atoms with E-state index in [1.807, 2.05) is 20.8 Å². The predicted octanol–water partition coefficient (Wildman–Crippen LogP) is 3.44. The van der Waals surface area contributed by atoms with Gasteiger partial charge in [-0.05, 0) is 23.7 Å². The molecular formula is C12H26O4S. The fourth-order valence-corrected chi connectivity index (χ4v) is 2.08. The van der Waals surface area contributed by atoms with E-state index >= 15 is 0 Å². The molecule has 0 bridgehead atoms. The van der Waals surface area contributed by atoms with Crippen molar-refractivity contribution >= 4 is 10.4 Å². The van der Waals surface area contributed by atoms with Gasteiger partial charge >= 0.3 is 10.4 Å². The molecule has 104 valence electrons. The maximum Gasteiger partial charge on any atom is 0.397 e. The highest BCUT2D eigenvalue weighted by Gasteiger charge is 2.36. The summed E-state index contributed by atoms with van der Waals surface area (Å²) in [6.45, 7) is 12.1. The van der Waals surface area contributed by atoms with Gasteiger partial charge in [0.15, 0.2) is 0 Å². The van der Waals surface area contributed by atoms with Crippen molar-refractivity contribution in [3.05, 3.63) is 0 Å². The Morgan fingerprint density at radius 2 is 1.59 bits per heavy atom. The Labute approximate surface area is 106 Å². The predicted molar refractivity (Wildman–Crippen MR) is 69.2 cm³/mol. The summed E-state index contributed by atoms with van der Waals surface area (Å²) >= 11 is 0. The van der Waals surface area contributed by atoms with Crippen molar-refractivity contribution in [2.75, 3.05) is 0 Å². The van der Waals surface area contributed by atoms with Gasteiger partial charge in [0.2, 0.25) is 0 Å². The summed E-state index contributed by atoms with van der Waals surface area (Å²) in [5.74, 6) is 0. The molecule has 4 nitrogen and oxygen atoms in total.